The summed E-state index contributed by atoms with van der Waals surface area (Å²) < 4.78 is 0. The summed E-state index contributed by atoms with van der Waals surface area (Å²) in [5.74, 6) is 1.70. The number of carbonyl (C=O) groups is 1. The van der Waals surface area contributed by atoms with Gasteiger partial charge >= 0.3 is 0 Å². The van der Waals surface area contributed by atoms with Crippen LogP contribution in [0.15, 0.2) is 54.7 Å². The van der Waals surface area contributed by atoms with Crippen molar-refractivity contribution >= 4 is 11.7 Å². The van der Waals surface area contributed by atoms with Crippen molar-refractivity contribution in [2.75, 3.05) is 37.6 Å². The number of pyridine rings is 1. The van der Waals surface area contributed by atoms with E-state index in [4.69, 9.17) is 0 Å². The molecule has 1 saturated heterocycles. The van der Waals surface area contributed by atoms with Gasteiger partial charge in [-0.3, -0.25) is 9.69 Å². The third-order valence-corrected chi connectivity index (χ3v) is 5.73. The maximum atomic E-state index is 12.7. The topological polar surface area (TPSA) is 50.9 Å². The van der Waals surface area contributed by atoms with Crippen molar-refractivity contribution in [3.8, 4) is 0 Å². The summed E-state index contributed by atoms with van der Waals surface area (Å²) in [7, 11) is 0. The van der Waals surface area contributed by atoms with Crippen molar-refractivity contribution in [1.29, 1.82) is 0 Å². The van der Waals surface area contributed by atoms with E-state index in [1.165, 1.54) is 10.5 Å². The molecule has 1 aromatic heterocycles. The highest BCUT2D eigenvalue weighted by Gasteiger charge is 2.32. The SMILES string of the molecule is CC[C@H](CNC(=O)[C@H](C)[NH+]1CCN(c2cccc[nH+]2)CC1)c1ccccc1. The number of rotatable bonds is 7. The minimum Gasteiger partial charge on any atom is -0.350 e. The van der Waals surface area contributed by atoms with Gasteiger partial charge < -0.3 is 10.2 Å². The molecule has 1 fully saturated rings. The highest BCUT2D eigenvalue weighted by Crippen LogP contribution is 2.17. The Hall–Kier alpha value is -2.40. The molecule has 2 atom stereocenters. The number of aromatic amines is 1. The molecular formula is C22H32N4O+2. The molecule has 2 heterocycles. The Morgan fingerprint density at radius 3 is 2.48 bits per heavy atom. The molecule has 0 aliphatic carbocycles. The Kier molecular flexibility index (Phi) is 6.82. The number of anilines is 1. The fourth-order valence-electron chi connectivity index (χ4n) is 3.83. The maximum absolute atomic E-state index is 12.7. The van der Waals surface area contributed by atoms with Crippen molar-refractivity contribution in [3.05, 3.63) is 60.3 Å². The fourth-order valence-corrected chi connectivity index (χ4v) is 3.83. The zero-order valence-electron chi connectivity index (χ0n) is 16.4. The molecule has 144 valence electrons. The van der Waals surface area contributed by atoms with Crippen LogP contribution in [0, 0.1) is 0 Å². The van der Waals surface area contributed by atoms with Crippen molar-refractivity contribution in [2.24, 2.45) is 0 Å². The second-order valence-electron chi connectivity index (χ2n) is 7.38. The number of carbonyl (C=O) groups excluding carboxylic acids is 1. The molecule has 0 saturated carbocycles. The summed E-state index contributed by atoms with van der Waals surface area (Å²) in [5, 5.41) is 3.19. The van der Waals surface area contributed by atoms with E-state index in [1.54, 1.807) is 0 Å². The van der Waals surface area contributed by atoms with Crippen LogP contribution in [0.1, 0.15) is 31.7 Å². The molecule has 5 heteroatoms. The molecule has 2 aromatic rings. The second-order valence-corrected chi connectivity index (χ2v) is 7.38. The fraction of sp³-hybridized carbons (Fsp3) is 0.455. The number of H-pyrrole nitrogens is 1. The number of piperazine rings is 1. The lowest BCUT2D eigenvalue weighted by atomic mass is 9.96. The summed E-state index contributed by atoms with van der Waals surface area (Å²) >= 11 is 0. The van der Waals surface area contributed by atoms with Gasteiger partial charge in [0.25, 0.3) is 11.7 Å². The third-order valence-electron chi connectivity index (χ3n) is 5.73. The van der Waals surface area contributed by atoms with Crippen molar-refractivity contribution in [1.82, 2.24) is 5.32 Å². The number of hydrogen-bond acceptors (Lipinski definition) is 2. The van der Waals surface area contributed by atoms with Gasteiger partial charge in [0.2, 0.25) is 0 Å². The summed E-state index contributed by atoms with van der Waals surface area (Å²) in [5.41, 5.74) is 1.30. The highest BCUT2D eigenvalue weighted by atomic mass is 16.2. The molecular weight excluding hydrogens is 336 g/mol. The first kappa shape index (κ1) is 19.4. The molecule has 0 bridgehead atoms. The number of nitrogens with zero attached hydrogens (tertiary/aromatic N) is 1. The molecule has 1 aromatic carbocycles. The monoisotopic (exact) mass is 368 g/mol. The second kappa shape index (κ2) is 9.51. The lowest BCUT2D eigenvalue weighted by Crippen LogP contribution is -3.19. The number of nitrogens with one attached hydrogen (secondary N) is 3. The predicted molar refractivity (Wildman–Crippen MR) is 108 cm³/mol. The largest absolute Gasteiger partial charge is 0.350 e. The third kappa shape index (κ3) is 5.07. The average molecular weight is 369 g/mol. The molecule has 27 heavy (non-hydrogen) atoms. The summed E-state index contributed by atoms with van der Waals surface area (Å²) in [6.45, 7) is 8.84. The summed E-state index contributed by atoms with van der Waals surface area (Å²) in [6.07, 6.45) is 2.99. The zero-order valence-corrected chi connectivity index (χ0v) is 16.4. The predicted octanol–water partition coefficient (Wildman–Crippen LogP) is 0.904. The van der Waals surface area contributed by atoms with Gasteiger partial charge in [-0.25, -0.2) is 4.98 Å². The summed E-state index contributed by atoms with van der Waals surface area (Å²) in [6, 6.07) is 16.6. The van der Waals surface area contributed by atoms with Gasteiger partial charge in [-0.15, -0.1) is 0 Å². The Morgan fingerprint density at radius 2 is 1.85 bits per heavy atom. The van der Waals surface area contributed by atoms with E-state index in [0.717, 1.165) is 38.4 Å². The van der Waals surface area contributed by atoms with Crippen LogP contribution < -0.4 is 20.1 Å². The number of hydrogen-bond donors (Lipinski definition) is 2. The van der Waals surface area contributed by atoms with E-state index in [9.17, 15) is 4.79 Å². The van der Waals surface area contributed by atoms with Gasteiger partial charge in [0.05, 0.1) is 6.20 Å². The van der Waals surface area contributed by atoms with Crippen LogP contribution in [0.2, 0.25) is 0 Å². The van der Waals surface area contributed by atoms with Gasteiger partial charge in [0.15, 0.2) is 6.04 Å². The smallest absolute Gasteiger partial charge is 0.278 e. The Labute approximate surface area is 162 Å². The first-order valence-corrected chi connectivity index (χ1v) is 10.1. The average Bonchev–Trinajstić information content (AvgIpc) is 2.75. The lowest BCUT2D eigenvalue weighted by Gasteiger charge is -2.31. The molecule has 1 amide bonds. The molecule has 1 aliphatic rings. The number of benzene rings is 1. The number of quaternary nitrogens is 1. The zero-order chi connectivity index (χ0) is 19.1. The van der Waals surface area contributed by atoms with E-state index in [1.807, 2.05) is 18.3 Å². The van der Waals surface area contributed by atoms with E-state index in [0.29, 0.717) is 12.5 Å². The molecule has 3 N–H and O–H groups in total. The first-order chi connectivity index (χ1) is 13.2. The number of aromatic nitrogens is 1. The molecule has 5 nitrogen and oxygen atoms in total. The Bertz CT molecular complexity index is 699. The minimum absolute atomic E-state index is 0.0137. The van der Waals surface area contributed by atoms with E-state index < -0.39 is 0 Å². The van der Waals surface area contributed by atoms with Gasteiger partial charge in [0, 0.05) is 18.5 Å². The van der Waals surface area contributed by atoms with Crippen molar-refractivity contribution in [2.45, 2.75) is 32.2 Å². The highest BCUT2D eigenvalue weighted by molar-refractivity contribution is 5.80. The van der Waals surface area contributed by atoms with Crippen LogP contribution in [0.3, 0.4) is 0 Å². The molecule has 0 unspecified atom stereocenters. The quantitative estimate of drug-likeness (QED) is 0.763. The van der Waals surface area contributed by atoms with E-state index >= 15 is 0 Å². The normalized spacial score (nSPS) is 17.3. The van der Waals surface area contributed by atoms with Crippen LogP contribution in [-0.4, -0.2) is 44.7 Å². The molecule has 3 rings (SSSR count). The van der Waals surface area contributed by atoms with Gasteiger partial charge in [-0.2, -0.15) is 0 Å². The molecule has 0 radical (unpaired) electrons. The lowest BCUT2D eigenvalue weighted by molar-refractivity contribution is -0.914. The van der Waals surface area contributed by atoms with Crippen LogP contribution >= 0.6 is 0 Å². The maximum Gasteiger partial charge on any atom is 0.278 e. The van der Waals surface area contributed by atoms with Crippen LogP contribution in [0.4, 0.5) is 5.82 Å². The van der Waals surface area contributed by atoms with E-state index in [-0.39, 0.29) is 11.9 Å². The van der Waals surface area contributed by atoms with E-state index in [2.05, 4.69) is 65.4 Å². The first-order valence-electron chi connectivity index (χ1n) is 10.1. The van der Waals surface area contributed by atoms with Crippen molar-refractivity contribution < 1.29 is 14.7 Å². The standard InChI is InChI=1S/C22H30N4O/c1-3-19(20-9-5-4-6-10-20)17-24-22(27)18(2)25-13-15-26(16-14-25)21-11-7-8-12-23-21/h4-12,18-19H,3,13-17H2,1-2H3,(H,24,27)/p+2/t18-,19+/m0/s1. The number of amides is 1. The Balaban J connectivity index is 1.48. The summed E-state index contributed by atoms with van der Waals surface area (Å²) in [4.78, 5) is 19.7. The Morgan fingerprint density at radius 1 is 1.15 bits per heavy atom. The van der Waals surface area contributed by atoms with Crippen LogP contribution in [-0.2, 0) is 4.79 Å². The van der Waals surface area contributed by atoms with Crippen LogP contribution in [0.25, 0.3) is 0 Å². The van der Waals surface area contributed by atoms with Gasteiger partial charge in [-0.1, -0.05) is 43.3 Å². The minimum atomic E-state index is -0.0137. The van der Waals surface area contributed by atoms with Gasteiger partial charge in [-0.05, 0) is 25.0 Å². The molecule has 1 aliphatic heterocycles. The van der Waals surface area contributed by atoms with Gasteiger partial charge in [0.1, 0.15) is 26.2 Å². The van der Waals surface area contributed by atoms with Crippen molar-refractivity contribution in [3.63, 3.8) is 0 Å². The van der Waals surface area contributed by atoms with Crippen LogP contribution in [0.5, 0.6) is 0 Å². The molecule has 0 spiro atoms.